The minimum absolute atomic E-state index is 0.207. The van der Waals surface area contributed by atoms with Crippen LogP contribution in [0, 0.1) is 5.92 Å². The molecule has 0 radical (unpaired) electrons. The lowest BCUT2D eigenvalue weighted by Crippen LogP contribution is -2.61. The number of aliphatic hydroxyl groups excluding tert-OH is 1. The molecule has 3 fully saturated rings. The normalized spacial score (nSPS) is 43.0. The highest BCUT2D eigenvalue weighted by Gasteiger charge is 2.51. The van der Waals surface area contributed by atoms with Gasteiger partial charge in [-0.25, -0.2) is 0 Å². The smallest absolute Gasteiger partial charge is 0.168 e. The lowest BCUT2D eigenvalue weighted by Gasteiger charge is -2.52. The van der Waals surface area contributed by atoms with E-state index >= 15 is 0 Å². The maximum atomic E-state index is 9.09. The van der Waals surface area contributed by atoms with Gasteiger partial charge in [-0.2, -0.15) is 0 Å². The minimum atomic E-state index is -0.268. The molecule has 1 aliphatic carbocycles. The van der Waals surface area contributed by atoms with Crippen molar-refractivity contribution in [2.75, 3.05) is 19.8 Å². The topological polar surface area (TPSA) is 50.7 Å². The van der Waals surface area contributed by atoms with Crippen molar-refractivity contribution in [1.29, 1.82) is 0 Å². The molecule has 104 valence electrons. The van der Waals surface area contributed by atoms with Crippen LogP contribution < -0.4 is 5.32 Å². The van der Waals surface area contributed by atoms with Gasteiger partial charge < -0.3 is 19.9 Å². The van der Waals surface area contributed by atoms with Gasteiger partial charge in [0.1, 0.15) is 0 Å². The first kappa shape index (κ1) is 12.9. The van der Waals surface area contributed by atoms with E-state index in [4.69, 9.17) is 14.6 Å². The van der Waals surface area contributed by atoms with Crippen LogP contribution in [0.15, 0.2) is 0 Å². The van der Waals surface area contributed by atoms with Gasteiger partial charge in [-0.05, 0) is 38.5 Å². The van der Waals surface area contributed by atoms with Crippen molar-refractivity contribution in [1.82, 2.24) is 5.32 Å². The van der Waals surface area contributed by atoms with Crippen molar-refractivity contribution in [3.8, 4) is 0 Å². The van der Waals surface area contributed by atoms with Gasteiger partial charge in [0.2, 0.25) is 0 Å². The molecule has 2 saturated heterocycles. The second-order valence-corrected chi connectivity index (χ2v) is 6.36. The van der Waals surface area contributed by atoms with Gasteiger partial charge in [0.25, 0.3) is 0 Å². The molecule has 3 rings (SSSR count). The molecule has 0 unspecified atom stereocenters. The van der Waals surface area contributed by atoms with E-state index in [2.05, 4.69) is 12.2 Å². The summed E-state index contributed by atoms with van der Waals surface area (Å²) >= 11 is 0. The van der Waals surface area contributed by atoms with Crippen molar-refractivity contribution in [2.24, 2.45) is 5.92 Å². The number of aliphatic hydroxyl groups is 1. The van der Waals surface area contributed by atoms with E-state index < -0.39 is 0 Å². The van der Waals surface area contributed by atoms with Crippen molar-refractivity contribution < 1.29 is 14.6 Å². The fourth-order valence-corrected chi connectivity index (χ4v) is 4.04. The predicted molar refractivity (Wildman–Crippen MR) is 68.2 cm³/mol. The summed E-state index contributed by atoms with van der Waals surface area (Å²) in [4.78, 5) is 0. The summed E-state index contributed by atoms with van der Waals surface area (Å²) in [7, 11) is 0. The Labute approximate surface area is 109 Å². The molecule has 0 amide bonds. The third-order valence-corrected chi connectivity index (χ3v) is 5.17. The molecule has 2 N–H and O–H groups in total. The molecule has 4 nitrogen and oxygen atoms in total. The van der Waals surface area contributed by atoms with Crippen LogP contribution in [0.2, 0.25) is 0 Å². The quantitative estimate of drug-likeness (QED) is 0.783. The Kier molecular flexibility index (Phi) is 3.39. The molecule has 0 aromatic rings. The van der Waals surface area contributed by atoms with Crippen LogP contribution in [0.3, 0.4) is 0 Å². The molecule has 3 atom stereocenters. The highest BCUT2D eigenvalue weighted by atomic mass is 16.7. The molecule has 18 heavy (non-hydrogen) atoms. The van der Waals surface area contributed by atoms with Crippen molar-refractivity contribution in [3.63, 3.8) is 0 Å². The average Bonchev–Trinajstić information content (AvgIpc) is 2.80. The first-order valence-electron chi connectivity index (χ1n) is 7.32. The minimum Gasteiger partial charge on any atom is -0.396 e. The van der Waals surface area contributed by atoms with Crippen LogP contribution in [0.4, 0.5) is 0 Å². The number of nitrogens with one attached hydrogen (secondary N) is 1. The number of rotatable bonds is 2. The largest absolute Gasteiger partial charge is 0.396 e. The van der Waals surface area contributed by atoms with Crippen LogP contribution >= 0.6 is 0 Å². The fraction of sp³-hybridized carbons (Fsp3) is 1.00. The third-order valence-electron chi connectivity index (χ3n) is 5.17. The van der Waals surface area contributed by atoms with Crippen LogP contribution in [0.1, 0.15) is 45.4 Å². The number of fused-ring (bicyclic) bond motifs is 1. The molecule has 0 aromatic carbocycles. The molecule has 3 aliphatic rings. The molecule has 1 saturated carbocycles. The van der Waals surface area contributed by atoms with Gasteiger partial charge in [-0.15, -0.1) is 0 Å². The zero-order valence-electron chi connectivity index (χ0n) is 11.3. The summed E-state index contributed by atoms with van der Waals surface area (Å²) in [6.45, 7) is 4.13. The molecule has 4 heteroatoms. The van der Waals surface area contributed by atoms with Gasteiger partial charge in [-0.3, -0.25) is 0 Å². The Morgan fingerprint density at radius 3 is 2.72 bits per heavy atom. The maximum Gasteiger partial charge on any atom is 0.168 e. The van der Waals surface area contributed by atoms with E-state index in [1.165, 1.54) is 6.42 Å². The van der Waals surface area contributed by atoms with Gasteiger partial charge in [0, 0.05) is 31.0 Å². The van der Waals surface area contributed by atoms with Gasteiger partial charge in [0.05, 0.1) is 13.2 Å². The molecule has 1 spiro atoms. The number of hydrogen-bond donors (Lipinski definition) is 2. The summed E-state index contributed by atoms with van der Waals surface area (Å²) in [5.41, 5.74) is 0.207. The van der Waals surface area contributed by atoms with Crippen LogP contribution in [-0.4, -0.2) is 42.3 Å². The number of hydrogen-bond acceptors (Lipinski definition) is 4. The highest BCUT2D eigenvalue weighted by Crippen LogP contribution is 2.47. The van der Waals surface area contributed by atoms with E-state index in [-0.39, 0.29) is 17.9 Å². The van der Waals surface area contributed by atoms with Crippen LogP contribution in [-0.2, 0) is 9.47 Å². The summed E-state index contributed by atoms with van der Waals surface area (Å²) in [5, 5.41) is 12.9. The first-order chi connectivity index (χ1) is 8.66. The second-order valence-electron chi connectivity index (χ2n) is 6.36. The summed E-state index contributed by atoms with van der Waals surface area (Å²) < 4.78 is 11.7. The third kappa shape index (κ3) is 2.20. The fourth-order valence-electron chi connectivity index (χ4n) is 4.04. The molecular weight excluding hydrogens is 230 g/mol. The Morgan fingerprint density at radius 1 is 1.22 bits per heavy atom. The van der Waals surface area contributed by atoms with Crippen molar-refractivity contribution in [3.05, 3.63) is 0 Å². The highest BCUT2D eigenvalue weighted by molar-refractivity contribution is 5.03. The molecule has 2 aliphatic heterocycles. The van der Waals surface area contributed by atoms with Gasteiger partial charge in [-0.1, -0.05) is 0 Å². The second kappa shape index (κ2) is 4.75. The van der Waals surface area contributed by atoms with Crippen LogP contribution in [0.5, 0.6) is 0 Å². The van der Waals surface area contributed by atoms with Crippen LogP contribution in [0.25, 0.3) is 0 Å². The van der Waals surface area contributed by atoms with Gasteiger partial charge >= 0.3 is 0 Å². The molecule has 0 aromatic heterocycles. The lowest BCUT2D eigenvalue weighted by atomic mass is 9.66. The average molecular weight is 255 g/mol. The van der Waals surface area contributed by atoms with E-state index in [1.54, 1.807) is 0 Å². The maximum absolute atomic E-state index is 9.09. The molecule has 2 heterocycles. The standard InChI is InChI=1S/C14H25NO3/c1-13-5-6-14(17-8-9-18-14)10-11(13)2-3-12(15-13)4-7-16/h11-12,15-16H,2-10H2,1H3/t11-,12-,13+/m1/s1. The van der Waals surface area contributed by atoms with Gasteiger partial charge in [0.15, 0.2) is 5.79 Å². The molecule has 0 bridgehead atoms. The summed E-state index contributed by atoms with van der Waals surface area (Å²) in [6, 6.07) is 0.482. The Bertz CT molecular complexity index is 303. The van der Waals surface area contributed by atoms with E-state index in [9.17, 15) is 0 Å². The van der Waals surface area contributed by atoms with Crippen molar-refractivity contribution in [2.45, 2.75) is 62.8 Å². The van der Waals surface area contributed by atoms with E-state index in [0.717, 1.165) is 45.3 Å². The van der Waals surface area contributed by atoms with E-state index in [0.29, 0.717) is 12.0 Å². The Hall–Kier alpha value is -0.160. The zero-order valence-corrected chi connectivity index (χ0v) is 11.3. The lowest BCUT2D eigenvalue weighted by molar-refractivity contribution is -0.203. The van der Waals surface area contributed by atoms with E-state index in [1.807, 2.05) is 0 Å². The predicted octanol–water partition coefficient (Wildman–Crippen LogP) is 1.42. The Morgan fingerprint density at radius 2 is 2.00 bits per heavy atom. The zero-order chi connectivity index (χ0) is 12.6. The Balaban J connectivity index is 1.67. The van der Waals surface area contributed by atoms with Crippen molar-refractivity contribution >= 4 is 0 Å². The number of ether oxygens (including phenoxy) is 2. The SMILES string of the molecule is C[C@]12CCC3(C[C@H]1CC[C@H](CCO)N2)OCCO3. The summed E-state index contributed by atoms with van der Waals surface area (Å²) in [5.74, 6) is 0.370. The first-order valence-corrected chi connectivity index (χ1v) is 7.32. The monoisotopic (exact) mass is 255 g/mol. The number of piperidine rings is 1. The summed E-state index contributed by atoms with van der Waals surface area (Å²) in [6.07, 6.45) is 6.40. The molecular formula is C14H25NO3.